The van der Waals surface area contributed by atoms with Crippen LogP contribution in [0.1, 0.15) is 29.7 Å². The highest BCUT2D eigenvalue weighted by molar-refractivity contribution is 6.87. The third-order valence-corrected chi connectivity index (χ3v) is 12.2. The third kappa shape index (κ3) is 17.4. The maximum absolute atomic E-state index is 10.2. The van der Waals surface area contributed by atoms with Crippen LogP contribution in [-0.4, -0.2) is 43.7 Å². The van der Waals surface area contributed by atoms with E-state index in [4.69, 9.17) is 18.2 Å². The second-order valence-corrected chi connectivity index (χ2v) is 18.0. The van der Waals surface area contributed by atoms with Gasteiger partial charge in [-0.1, -0.05) is 29.7 Å². The fourth-order valence-corrected chi connectivity index (χ4v) is 14.4. The Balaban J connectivity index is -0.000000270. The minimum Gasteiger partial charge on any atom is -0.435 e. The fourth-order valence-electron chi connectivity index (χ4n) is 1.84. The monoisotopic (exact) mass is 382 g/mol. The van der Waals surface area contributed by atoms with Crippen molar-refractivity contribution in [3.05, 3.63) is 0 Å². The van der Waals surface area contributed by atoms with E-state index in [0.29, 0.717) is 12.4 Å². The van der Waals surface area contributed by atoms with Crippen molar-refractivity contribution < 1.29 is 17.8 Å². The molecule has 0 amide bonds. The van der Waals surface area contributed by atoms with Crippen molar-refractivity contribution in [1.82, 2.24) is 0 Å². The average molecular weight is 383 g/mol. The van der Waals surface area contributed by atoms with E-state index in [1.54, 1.807) is 12.3 Å². The van der Waals surface area contributed by atoms with Crippen molar-refractivity contribution in [3.63, 3.8) is 0 Å². The van der Waals surface area contributed by atoms with Crippen LogP contribution in [-0.2, 0) is 17.8 Å². The van der Waals surface area contributed by atoms with Crippen molar-refractivity contribution in [2.24, 2.45) is 4.99 Å². The van der Waals surface area contributed by atoms with Crippen molar-refractivity contribution in [2.45, 2.75) is 69.0 Å². The van der Waals surface area contributed by atoms with E-state index in [2.05, 4.69) is 4.99 Å². The highest BCUT2D eigenvalue weighted by Crippen LogP contribution is 2.20. The van der Waals surface area contributed by atoms with Crippen molar-refractivity contribution in [1.29, 1.82) is 5.26 Å². The summed E-state index contributed by atoms with van der Waals surface area (Å²) >= 11 is 0. The van der Waals surface area contributed by atoms with Gasteiger partial charge in [-0.3, -0.25) is 0 Å². The van der Waals surface area contributed by atoms with Gasteiger partial charge >= 0.3 is 8.56 Å². The van der Waals surface area contributed by atoms with Crippen molar-refractivity contribution >= 4 is 31.3 Å². The van der Waals surface area contributed by atoms with Crippen LogP contribution in [0.4, 0.5) is 0 Å². The first kappa shape index (κ1) is 33.8. The van der Waals surface area contributed by atoms with Gasteiger partial charge in [0.1, 0.15) is 6.23 Å². The van der Waals surface area contributed by atoms with E-state index in [1.165, 1.54) is 0 Å². The van der Waals surface area contributed by atoms with Gasteiger partial charge in [0, 0.05) is 0 Å². The Kier molecular flexibility index (Phi) is 20.0. The summed E-state index contributed by atoms with van der Waals surface area (Å²) in [6.45, 7) is 11.9. The summed E-state index contributed by atoms with van der Waals surface area (Å²) in [6, 6.07) is 0. The molecule has 0 N–H and O–H groups in total. The normalized spacial score (nSPS) is 10.3. The number of nitrogens with zero attached hydrogens (tertiary/aromatic N) is 2. The maximum atomic E-state index is 10.2. The van der Waals surface area contributed by atoms with Crippen LogP contribution in [0.25, 0.3) is 0 Å². The van der Waals surface area contributed by atoms with E-state index in [1.807, 2.05) is 39.3 Å². The van der Waals surface area contributed by atoms with Crippen LogP contribution in [0.5, 0.6) is 0 Å². The first-order valence-electron chi connectivity index (χ1n) is 5.98. The molecule has 0 aliphatic rings. The molecule has 0 atom stereocenters. The number of isocyanates is 1. The van der Waals surface area contributed by atoms with Gasteiger partial charge in [-0.25, -0.2) is 9.79 Å². The van der Waals surface area contributed by atoms with Gasteiger partial charge in [-0.2, -0.15) is 5.26 Å². The summed E-state index contributed by atoms with van der Waals surface area (Å²) in [4.78, 5) is 13.8. The van der Waals surface area contributed by atoms with E-state index in [-0.39, 0.29) is 29.7 Å². The molecule has 0 radical (unpaired) electrons. The van der Waals surface area contributed by atoms with Gasteiger partial charge in [-0.15, -0.1) is 0 Å². The molecule has 0 aliphatic heterocycles. The highest BCUT2D eigenvalue weighted by Gasteiger charge is 2.40. The van der Waals surface area contributed by atoms with Gasteiger partial charge in [0.05, 0.1) is 6.17 Å². The molecule has 9 heteroatoms. The number of carbonyl (C=O) groups excluding carboxylic acids is 1. The van der Waals surface area contributed by atoms with E-state index in [0.717, 1.165) is 0 Å². The van der Waals surface area contributed by atoms with Crippen LogP contribution >= 0.6 is 0 Å². The molecule has 23 heavy (non-hydrogen) atoms. The molecule has 0 spiro atoms. The number of hydrogen-bond donors (Lipinski definition) is 0. The molecule has 0 aliphatic carbocycles. The van der Waals surface area contributed by atoms with E-state index in [9.17, 15) is 4.79 Å². The Bertz CT molecular complexity index is 390. The molecule has 0 saturated carbocycles. The molecule has 0 heterocycles. The molecule has 0 fully saturated rings. The molecule has 140 valence electrons. The lowest BCUT2D eigenvalue weighted by Gasteiger charge is -2.37. The van der Waals surface area contributed by atoms with Gasteiger partial charge in [-0.05, 0) is 39.3 Å². The number of hydrogen-bond acceptors (Lipinski definition) is 6. The largest absolute Gasteiger partial charge is 0.435 e. The Labute approximate surface area is 147 Å². The minimum absolute atomic E-state index is 0. The first-order chi connectivity index (χ1) is 8.54. The zero-order valence-electron chi connectivity index (χ0n) is 12.4. The van der Waals surface area contributed by atoms with E-state index < -0.39 is 25.2 Å². The summed E-state index contributed by atoms with van der Waals surface area (Å²) in [5.74, 6) is 0. The molecule has 0 aromatic rings. The van der Waals surface area contributed by atoms with Crippen LogP contribution in [0.15, 0.2) is 4.99 Å². The highest BCUT2D eigenvalue weighted by atomic mass is 28.5. The molecule has 0 aromatic heterocycles. The molecule has 0 bridgehead atoms. The van der Waals surface area contributed by atoms with Crippen LogP contribution < -0.4 is 0 Å². The summed E-state index contributed by atoms with van der Waals surface area (Å²) in [7, 11) is -6.48. The quantitative estimate of drug-likeness (QED) is 0.265. The molecule has 0 saturated heterocycles. The number of nitriles is 1. The fraction of sp³-hybridized carbons (Fsp3) is 0.857. The second-order valence-electron chi connectivity index (χ2n) is 5.91. The van der Waals surface area contributed by atoms with Gasteiger partial charge in [0.15, 0.2) is 8.32 Å². The Morgan fingerprint density at radius 2 is 1.35 bits per heavy atom. The predicted octanol–water partition coefficient (Wildman–Crippen LogP) is 4.59. The molecule has 0 aromatic carbocycles. The van der Waals surface area contributed by atoms with Crippen molar-refractivity contribution in [3.8, 4) is 6.26 Å². The Hall–Kier alpha value is -0.759. The average Bonchev–Trinajstić information content (AvgIpc) is 2.20. The number of aliphatic imine (C=N–C) groups is 1. The van der Waals surface area contributed by atoms with Gasteiger partial charge in [0.25, 0.3) is 6.26 Å². The van der Waals surface area contributed by atoms with Gasteiger partial charge < -0.3 is 13.0 Å². The van der Waals surface area contributed by atoms with Crippen molar-refractivity contribution in [2.75, 3.05) is 12.4 Å². The molecule has 6 nitrogen and oxygen atoms in total. The lowest BCUT2D eigenvalue weighted by Crippen LogP contribution is -2.55. The number of ether oxygens (including phenoxy) is 1. The predicted molar refractivity (Wildman–Crippen MR) is 106 cm³/mol. The zero-order chi connectivity index (χ0) is 15.2. The lowest BCUT2D eigenvalue weighted by molar-refractivity contribution is 0.295. The van der Waals surface area contributed by atoms with Crippen LogP contribution in [0.3, 0.4) is 0 Å². The Morgan fingerprint density at radius 3 is 1.74 bits per heavy atom. The van der Waals surface area contributed by atoms with Crippen LogP contribution in [0, 0.1) is 11.5 Å². The molecular weight excluding hydrogens is 344 g/mol. The second kappa shape index (κ2) is 13.7. The molecule has 0 rings (SSSR count). The smallest absolute Gasteiger partial charge is 0.311 e. The third-order valence-electron chi connectivity index (χ3n) is 2.05. The Morgan fingerprint density at radius 1 is 0.913 bits per heavy atom. The topological polar surface area (TPSA) is 80.9 Å². The molecular formula is C14H38N2O4Si3. The van der Waals surface area contributed by atoms with E-state index >= 15 is 0 Å². The summed E-state index contributed by atoms with van der Waals surface area (Å²) in [5, 5.41) is 8.44. The number of rotatable bonds is 8. The summed E-state index contributed by atoms with van der Waals surface area (Å²) in [6.07, 6.45) is 3.91. The first-order valence-corrected chi connectivity index (χ1v) is 15.0. The lowest BCUT2D eigenvalue weighted by atomic mass is 11.4. The molecule has 0 unspecified atom stereocenters. The van der Waals surface area contributed by atoms with Crippen LogP contribution in [0.2, 0.25) is 39.3 Å². The SMILES string of the molecule is C.C.C.C.C[Si](C)(CN=C=O)O[Si](C)(C)O[Si](C)(C)COC#N. The minimum atomic E-state index is -2.33. The standard InChI is InChI=1S/C10H22N2O4Si3.4CH4/c1-17(2,9-12-8-13)15-19(5,6)16-18(3,4)10-14-7-11;;;;/h9-10H2,1-6H3;4*1H4. The zero-order valence-corrected chi connectivity index (χ0v) is 15.4. The van der Waals surface area contributed by atoms with Gasteiger partial charge in [0.2, 0.25) is 14.4 Å². The maximum Gasteiger partial charge on any atom is 0.311 e. The summed E-state index contributed by atoms with van der Waals surface area (Å²) in [5.41, 5.74) is 0. The summed E-state index contributed by atoms with van der Waals surface area (Å²) < 4.78 is 17.0.